The third kappa shape index (κ3) is 3.24. The van der Waals surface area contributed by atoms with Crippen molar-refractivity contribution >= 4 is 22.7 Å². The van der Waals surface area contributed by atoms with E-state index in [1.165, 1.54) is 0 Å². The van der Waals surface area contributed by atoms with Crippen LogP contribution in [0, 0.1) is 0 Å². The Kier molecular flexibility index (Phi) is 5.41. The second kappa shape index (κ2) is 7.29. The summed E-state index contributed by atoms with van der Waals surface area (Å²) in [7, 11) is 0. The first kappa shape index (κ1) is 16.3. The van der Waals surface area contributed by atoms with Crippen molar-refractivity contribution in [1.29, 1.82) is 0 Å². The summed E-state index contributed by atoms with van der Waals surface area (Å²) in [5, 5.41) is 0. The lowest BCUT2D eigenvalue weighted by molar-refractivity contribution is -0.147. The lowest BCUT2D eigenvalue weighted by atomic mass is 10.2. The standard InChI is InChI=1S/C17H25N3O2/c1-4-6-11-22-17(21)12(3)20-14-10-7-9-13(18)16(14)19-15(20)8-5-2/h7,9-10,12H,4-6,8,11,18H2,1-3H3. The monoisotopic (exact) mass is 303 g/mol. The number of carbonyl (C=O) groups is 1. The average Bonchev–Trinajstić information content (AvgIpc) is 2.86. The highest BCUT2D eigenvalue weighted by Gasteiger charge is 2.23. The van der Waals surface area contributed by atoms with Gasteiger partial charge in [0.25, 0.3) is 0 Å². The zero-order valence-electron chi connectivity index (χ0n) is 13.6. The molecular weight excluding hydrogens is 278 g/mol. The van der Waals surface area contributed by atoms with Crippen molar-refractivity contribution in [2.75, 3.05) is 12.3 Å². The number of esters is 1. The van der Waals surface area contributed by atoms with E-state index in [9.17, 15) is 4.79 Å². The van der Waals surface area contributed by atoms with Crippen LogP contribution in [0.3, 0.4) is 0 Å². The minimum atomic E-state index is -0.398. The minimum Gasteiger partial charge on any atom is -0.464 e. The lowest BCUT2D eigenvalue weighted by Gasteiger charge is -2.16. The van der Waals surface area contributed by atoms with Crippen LogP contribution in [-0.2, 0) is 16.0 Å². The van der Waals surface area contributed by atoms with E-state index in [2.05, 4.69) is 18.8 Å². The van der Waals surface area contributed by atoms with Crippen LogP contribution < -0.4 is 5.73 Å². The number of unbranched alkanes of at least 4 members (excludes halogenated alkanes) is 1. The Morgan fingerprint density at radius 3 is 2.82 bits per heavy atom. The molecule has 5 nitrogen and oxygen atoms in total. The molecule has 1 aromatic heterocycles. The number of hydrogen-bond donors (Lipinski definition) is 1. The number of nitrogens with zero attached hydrogens (tertiary/aromatic N) is 2. The quantitative estimate of drug-likeness (QED) is 0.483. The molecule has 0 radical (unpaired) electrons. The first-order valence-electron chi connectivity index (χ1n) is 8.02. The molecule has 2 rings (SSSR count). The summed E-state index contributed by atoms with van der Waals surface area (Å²) in [5.74, 6) is 0.669. The van der Waals surface area contributed by atoms with Crippen LogP contribution in [0.4, 0.5) is 5.69 Å². The Balaban J connectivity index is 2.37. The largest absolute Gasteiger partial charge is 0.464 e. The van der Waals surface area contributed by atoms with Crippen molar-refractivity contribution in [2.24, 2.45) is 0 Å². The number of anilines is 1. The molecule has 2 aromatic rings. The van der Waals surface area contributed by atoms with Crippen molar-refractivity contribution in [1.82, 2.24) is 9.55 Å². The van der Waals surface area contributed by atoms with Crippen LogP contribution >= 0.6 is 0 Å². The van der Waals surface area contributed by atoms with E-state index >= 15 is 0 Å². The van der Waals surface area contributed by atoms with E-state index in [1.54, 1.807) is 0 Å². The number of aromatic nitrogens is 2. The zero-order chi connectivity index (χ0) is 16.1. The van der Waals surface area contributed by atoms with Gasteiger partial charge in [-0.3, -0.25) is 0 Å². The topological polar surface area (TPSA) is 70.1 Å². The molecule has 0 fully saturated rings. The fourth-order valence-electron chi connectivity index (χ4n) is 2.56. The number of carbonyl (C=O) groups excluding carboxylic acids is 1. The van der Waals surface area contributed by atoms with Crippen LogP contribution in [0.2, 0.25) is 0 Å². The maximum atomic E-state index is 12.3. The van der Waals surface area contributed by atoms with Gasteiger partial charge >= 0.3 is 5.97 Å². The Morgan fingerprint density at radius 1 is 1.36 bits per heavy atom. The van der Waals surface area contributed by atoms with Crippen molar-refractivity contribution < 1.29 is 9.53 Å². The number of rotatable bonds is 7. The molecule has 120 valence electrons. The maximum Gasteiger partial charge on any atom is 0.328 e. The molecule has 1 atom stereocenters. The van der Waals surface area contributed by atoms with E-state index < -0.39 is 6.04 Å². The summed E-state index contributed by atoms with van der Waals surface area (Å²) in [6.45, 7) is 6.50. The van der Waals surface area contributed by atoms with Gasteiger partial charge in [0.1, 0.15) is 17.4 Å². The van der Waals surface area contributed by atoms with Gasteiger partial charge in [-0.15, -0.1) is 0 Å². The summed E-state index contributed by atoms with van der Waals surface area (Å²) >= 11 is 0. The van der Waals surface area contributed by atoms with Gasteiger partial charge in [-0.05, 0) is 31.9 Å². The predicted molar refractivity (Wildman–Crippen MR) is 88.7 cm³/mol. The van der Waals surface area contributed by atoms with Gasteiger partial charge in [0.05, 0.1) is 17.8 Å². The van der Waals surface area contributed by atoms with Crippen molar-refractivity contribution in [2.45, 2.75) is 52.5 Å². The minimum absolute atomic E-state index is 0.215. The molecule has 0 bridgehead atoms. The van der Waals surface area contributed by atoms with E-state index in [4.69, 9.17) is 10.5 Å². The van der Waals surface area contributed by atoms with Crippen LogP contribution in [-0.4, -0.2) is 22.1 Å². The summed E-state index contributed by atoms with van der Waals surface area (Å²) < 4.78 is 7.32. The van der Waals surface area contributed by atoms with Crippen LogP contribution in [0.25, 0.3) is 11.0 Å². The van der Waals surface area contributed by atoms with Gasteiger partial charge in [-0.25, -0.2) is 9.78 Å². The third-order valence-electron chi connectivity index (χ3n) is 3.77. The van der Waals surface area contributed by atoms with Gasteiger partial charge in [-0.1, -0.05) is 26.3 Å². The number of ether oxygens (including phenoxy) is 1. The molecule has 0 aliphatic carbocycles. The first-order chi connectivity index (χ1) is 10.6. The third-order valence-corrected chi connectivity index (χ3v) is 3.77. The summed E-state index contributed by atoms with van der Waals surface area (Å²) in [6, 6.07) is 5.28. The van der Waals surface area contributed by atoms with Gasteiger partial charge < -0.3 is 15.0 Å². The summed E-state index contributed by atoms with van der Waals surface area (Å²) in [5.41, 5.74) is 8.31. The molecule has 1 heterocycles. The fraction of sp³-hybridized carbons (Fsp3) is 0.529. The summed E-state index contributed by atoms with van der Waals surface area (Å²) in [4.78, 5) is 16.9. The number of nitrogens with two attached hydrogens (primary N) is 1. The highest BCUT2D eigenvalue weighted by molar-refractivity contribution is 5.89. The highest BCUT2D eigenvalue weighted by atomic mass is 16.5. The second-order valence-electron chi connectivity index (χ2n) is 5.56. The first-order valence-corrected chi connectivity index (χ1v) is 8.02. The Labute approximate surface area is 131 Å². The normalized spacial score (nSPS) is 12.5. The Hall–Kier alpha value is -2.04. The fourth-order valence-corrected chi connectivity index (χ4v) is 2.56. The Morgan fingerprint density at radius 2 is 2.14 bits per heavy atom. The van der Waals surface area contributed by atoms with Gasteiger partial charge in [0.2, 0.25) is 0 Å². The van der Waals surface area contributed by atoms with E-state index in [0.717, 1.165) is 42.5 Å². The smallest absolute Gasteiger partial charge is 0.328 e. The molecule has 5 heteroatoms. The van der Waals surface area contributed by atoms with Crippen molar-refractivity contribution in [3.05, 3.63) is 24.0 Å². The molecule has 0 aliphatic heterocycles. The lowest BCUT2D eigenvalue weighted by Crippen LogP contribution is -2.21. The van der Waals surface area contributed by atoms with Gasteiger partial charge in [-0.2, -0.15) is 0 Å². The molecule has 22 heavy (non-hydrogen) atoms. The molecule has 0 saturated heterocycles. The van der Waals surface area contributed by atoms with E-state index in [1.807, 2.05) is 29.7 Å². The Bertz CT molecular complexity index is 649. The van der Waals surface area contributed by atoms with Crippen LogP contribution in [0.1, 0.15) is 51.9 Å². The highest BCUT2D eigenvalue weighted by Crippen LogP contribution is 2.26. The van der Waals surface area contributed by atoms with Crippen molar-refractivity contribution in [3.63, 3.8) is 0 Å². The summed E-state index contributed by atoms with van der Waals surface area (Å²) in [6.07, 6.45) is 3.66. The van der Waals surface area contributed by atoms with Crippen LogP contribution in [0.5, 0.6) is 0 Å². The molecule has 0 amide bonds. The molecule has 0 spiro atoms. The predicted octanol–water partition coefficient (Wildman–Crippen LogP) is 3.48. The number of para-hydroxylation sites is 1. The zero-order valence-corrected chi connectivity index (χ0v) is 13.6. The maximum absolute atomic E-state index is 12.3. The number of benzene rings is 1. The number of aryl methyl sites for hydroxylation is 1. The second-order valence-corrected chi connectivity index (χ2v) is 5.56. The molecule has 0 saturated carbocycles. The van der Waals surface area contributed by atoms with Crippen LogP contribution in [0.15, 0.2) is 18.2 Å². The number of imidazole rings is 1. The van der Waals surface area contributed by atoms with E-state index in [-0.39, 0.29) is 5.97 Å². The van der Waals surface area contributed by atoms with E-state index in [0.29, 0.717) is 12.3 Å². The molecule has 1 aromatic carbocycles. The number of fused-ring (bicyclic) bond motifs is 1. The van der Waals surface area contributed by atoms with Crippen molar-refractivity contribution in [3.8, 4) is 0 Å². The van der Waals surface area contributed by atoms with Gasteiger partial charge in [0, 0.05) is 6.42 Å². The van der Waals surface area contributed by atoms with Gasteiger partial charge in [0.15, 0.2) is 0 Å². The SMILES string of the molecule is CCCCOC(=O)C(C)n1c(CCC)nc2c(N)cccc21. The molecular formula is C17H25N3O2. The average molecular weight is 303 g/mol. The number of hydrogen-bond acceptors (Lipinski definition) is 4. The molecule has 1 unspecified atom stereocenters. The molecule has 0 aliphatic rings. The molecule has 2 N–H and O–H groups in total. The number of nitrogen functional groups attached to an aromatic ring is 1.